The summed E-state index contributed by atoms with van der Waals surface area (Å²) in [5, 5.41) is 13.9. The summed E-state index contributed by atoms with van der Waals surface area (Å²) < 4.78 is 12.1. The van der Waals surface area contributed by atoms with E-state index < -0.39 is 35.4 Å². The summed E-state index contributed by atoms with van der Waals surface area (Å²) in [6.45, 7) is 2.87. The number of ether oxygens (including phenoxy) is 2. The highest BCUT2D eigenvalue weighted by Gasteiger charge is 2.61. The molecule has 2 amide bonds. The third kappa shape index (κ3) is 5.41. The molecule has 5 rings (SSSR count). The average Bonchev–Trinajstić information content (AvgIpc) is 3.44. The van der Waals surface area contributed by atoms with Crippen LogP contribution in [0.1, 0.15) is 45.4 Å². The highest BCUT2D eigenvalue weighted by atomic mass is 35.5. The molecule has 2 N–H and O–H groups in total. The molecule has 1 aliphatic heterocycles. The van der Waals surface area contributed by atoms with Gasteiger partial charge < -0.3 is 24.8 Å². The zero-order chi connectivity index (χ0) is 27.7. The third-order valence-electron chi connectivity index (χ3n) is 8.09. The Bertz CT molecular complexity index is 1320. The second-order valence-corrected chi connectivity index (χ2v) is 11.1. The van der Waals surface area contributed by atoms with Crippen molar-refractivity contribution in [2.24, 2.45) is 17.8 Å². The smallest absolute Gasteiger partial charge is 0.330 e. The van der Waals surface area contributed by atoms with E-state index in [4.69, 9.17) is 21.1 Å². The molecule has 39 heavy (non-hydrogen) atoms. The van der Waals surface area contributed by atoms with E-state index in [-0.39, 0.29) is 18.2 Å². The van der Waals surface area contributed by atoms with Gasteiger partial charge in [0.2, 0.25) is 17.7 Å². The number of benzene rings is 1. The number of carboxylic acids is 1. The highest BCUT2D eigenvalue weighted by Crippen LogP contribution is 2.46. The first-order chi connectivity index (χ1) is 18.7. The van der Waals surface area contributed by atoms with Crippen molar-refractivity contribution >= 4 is 40.3 Å². The van der Waals surface area contributed by atoms with Crippen LogP contribution >= 0.6 is 11.6 Å². The van der Waals surface area contributed by atoms with Gasteiger partial charge in [0.25, 0.3) is 0 Å². The molecule has 10 heteroatoms. The van der Waals surface area contributed by atoms with E-state index in [0.717, 1.165) is 19.3 Å². The number of nitrogens with zero attached hydrogens (tertiary/aromatic N) is 2. The monoisotopic (exact) mass is 555 g/mol. The molecule has 1 aromatic carbocycles. The van der Waals surface area contributed by atoms with Crippen LogP contribution in [0.5, 0.6) is 11.6 Å². The second-order valence-electron chi connectivity index (χ2n) is 10.7. The fourth-order valence-corrected chi connectivity index (χ4v) is 6.07. The number of aromatic nitrogens is 1. The predicted molar refractivity (Wildman–Crippen MR) is 146 cm³/mol. The fourth-order valence-electron chi connectivity index (χ4n) is 5.85. The van der Waals surface area contributed by atoms with E-state index in [1.165, 1.54) is 0 Å². The summed E-state index contributed by atoms with van der Waals surface area (Å²) in [6.07, 6.45) is 6.93. The van der Waals surface area contributed by atoms with Gasteiger partial charge in [-0.25, -0.2) is 9.78 Å². The number of hydrogen-bond acceptors (Lipinski definition) is 6. The first-order valence-corrected chi connectivity index (χ1v) is 14.0. The van der Waals surface area contributed by atoms with E-state index in [9.17, 15) is 19.5 Å². The molecule has 1 aromatic heterocycles. The number of carbonyl (C=O) groups excluding carboxylic acids is 2. The summed E-state index contributed by atoms with van der Waals surface area (Å²) in [4.78, 5) is 45.5. The van der Waals surface area contributed by atoms with Gasteiger partial charge in [-0.3, -0.25) is 9.59 Å². The standard InChI is InChI=1S/C29H34ClN3O6/c1-3-38-24-15-23(19-10-8-11-22(30)25(19)31-24)39-18-13-20-21(14-18)27(35)33(2)12-7-5-4-6-9-17-16-29(17,28(36)37)32-26(20)34/h6,8-11,15,17-18,20-21H,3-5,7,12-14,16H2,1-2H3,(H,32,34)(H,36,37)/b9-6-/t17-,18-,20-,21-,29+/m1/s1. The summed E-state index contributed by atoms with van der Waals surface area (Å²) in [5.74, 6) is -2.29. The second kappa shape index (κ2) is 11.0. The molecule has 0 saturated heterocycles. The van der Waals surface area contributed by atoms with Crippen LogP contribution in [0.2, 0.25) is 5.02 Å². The molecule has 2 heterocycles. The summed E-state index contributed by atoms with van der Waals surface area (Å²) in [6, 6.07) is 7.11. The van der Waals surface area contributed by atoms with Crippen LogP contribution in [0, 0.1) is 17.8 Å². The van der Waals surface area contributed by atoms with Crippen molar-refractivity contribution in [2.45, 2.75) is 57.1 Å². The zero-order valence-electron chi connectivity index (χ0n) is 22.2. The van der Waals surface area contributed by atoms with Gasteiger partial charge in [0.1, 0.15) is 17.4 Å². The minimum atomic E-state index is -1.32. The number of amides is 2. The number of aliphatic carboxylic acids is 1. The Labute approximate surface area is 232 Å². The maximum Gasteiger partial charge on any atom is 0.330 e. The summed E-state index contributed by atoms with van der Waals surface area (Å²) in [5.41, 5.74) is -0.776. The lowest BCUT2D eigenvalue weighted by Crippen LogP contribution is -2.49. The van der Waals surface area contributed by atoms with Gasteiger partial charge in [0, 0.05) is 31.0 Å². The molecule has 2 saturated carbocycles. The zero-order valence-corrected chi connectivity index (χ0v) is 22.9. The number of carbonyl (C=O) groups is 3. The largest absolute Gasteiger partial charge is 0.489 e. The molecule has 2 fully saturated rings. The highest BCUT2D eigenvalue weighted by molar-refractivity contribution is 6.35. The number of hydrogen-bond donors (Lipinski definition) is 2. The number of para-hydroxylation sites is 1. The van der Waals surface area contributed by atoms with Crippen molar-refractivity contribution in [3.8, 4) is 11.6 Å². The Morgan fingerprint density at radius 3 is 2.82 bits per heavy atom. The third-order valence-corrected chi connectivity index (χ3v) is 8.39. The van der Waals surface area contributed by atoms with Gasteiger partial charge in [-0.2, -0.15) is 0 Å². The van der Waals surface area contributed by atoms with Crippen LogP contribution in [0.15, 0.2) is 36.4 Å². The number of rotatable bonds is 5. The van der Waals surface area contributed by atoms with Gasteiger partial charge in [-0.15, -0.1) is 0 Å². The van der Waals surface area contributed by atoms with Gasteiger partial charge in [0.15, 0.2) is 0 Å². The van der Waals surface area contributed by atoms with E-state index in [1.54, 1.807) is 24.1 Å². The van der Waals surface area contributed by atoms with Crippen LogP contribution < -0.4 is 14.8 Å². The summed E-state index contributed by atoms with van der Waals surface area (Å²) in [7, 11) is 1.76. The van der Waals surface area contributed by atoms with Crippen molar-refractivity contribution in [2.75, 3.05) is 20.2 Å². The average molecular weight is 556 g/mol. The van der Waals surface area contributed by atoms with Crippen LogP contribution in [-0.2, 0) is 14.4 Å². The van der Waals surface area contributed by atoms with Gasteiger partial charge in [-0.05, 0) is 57.6 Å². The molecule has 0 unspecified atom stereocenters. The van der Waals surface area contributed by atoms with E-state index in [0.29, 0.717) is 53.5 Å². The fraction of sp³-hybridized carbons (Fsp3) is 0.517. The van der Waals surface area contributed by atoms with Crippen LogP contribution in [0.25, 0.3) is 10.9 Å². The number of pyridine rings is 1. The van der Waals surface area contributed by atoms with Gasteiger partial charge in [-0.1, -0.05) is 29.8 Å². The molecule has 2 aliphatic carbocycles. The first-order valence-electron chi connectivity index (χ1n) is 13.6. The number of allylic oxidation sites excluding steroid dienone is 1. The molecule has 208 valence electrons. The van der Waals surface area contributed by atoms with E-state index >= 15 is 0 Å². The molecule has 0 spiro atoms. The quantitative estimate of drug-likeness (QED) is 0.530. The molecule has 3 aliphatic rings. The van der Waals surface area contributed by atoms with Crippen molar-refractivity contribution in [3.63, 3.8) is 0 Å². The summed E-state index contributed by atoms with van der Waals surface area (Å²) >= 11 is 6.42. The minimum absolute atomic E-state index is 0.122. The molecule has 0 radical (unpaired) electrons. The van der Waals surface area contributed by atoms with Gasteiger partial charge in [0.05, 0.1) is 29.0 Å². The van der Waals surface area contributed by atoms with Crippen molar-refractivity contribution in [1.29, 1.82) is 0 Å². The van der Waals surface area contributed by atoms with Crippen LogP contribution in [-0.4, -0.2) is 64.6 Å². The van der Waals surface area contributed by atoms with E-state index in [1.807, 2.05) is 31.2 Å². The van der Waals surface area contributed by atoms with Crippen molar-refractivity contribution in [3.05, 3.63) is 41.4 Å². The molecule has 0 bridgehead atoms. The molecule has 2 aromatic rings. The Hall–Kier alpha value is -3.33. The molecule has 5 atom stereocenters. The normalized spacial score (nSPS) is 30.1. The topological polar surface area (TPSA) is 118 Å². The molecular formula is C29H34ClN3O6. The van der Waals surface area contributed by atoms with Gasteiger partial charge >= 0.3 is 5.97 Å². The lowest BCUT2D eigenvalue weighted by molar-refractivity contribution is -0.145. The van der Waals surface area contributed by atoms with Crippen LogP contribution in [0.3, 0.4) is 0 Å². The van der Waals surface area contributed by atoms with Crippen molar-refractivity contribution < 1.29 is 29.0 Å². The Kier molecular flexibility index (Phi) is 7.71. The number of fused-ring (bicyclic) bond motifs is 3. The minimum Gasteiger partial charge on any atom is -0.489 e. The number of nitrogens with one attached hydrogen (secondary N) is 1. The number of halogens is 1. The maximum absolute atomic E-state index is 13.6. The molecular weight excluding hydrogens is 522 g/mol. The SMILES string of the molecule is CCOc1cc(O[C@@H]2C[C@H]3C(=O)N[C@@]4(C(=O)O)C[C@H]4/C=C\CCCCN(C)C(=O)[C@@H]3C2)c2cccc(Cl)c2n1. The number of carboxylic acid groups (broad SMARTS) is 1. The van der Waals surface area contributed by atoms with E-state index in [2.05, 4.69) is 10.3 Å². The maximum atomic E-state index is 13.6. The Morgan fingerprint density at radius 2 is 2.05 bits per heavy atom. The molecule has 9 nitrogen and oxygen atoms in total. The lowest BCUT2D eigenvalue weighted by atomic mass is 9.93. The lowest BCUT2D eigenvalue weighted by Gasteiger charge is -2.26. The van der Waals surface area contributed by atoms with Crippen LogP contribution in [0.4, 0.5) is 0 Å². The van der Waals surface area contributed by atoms with Crippen molar-refractivity contribution in [1.82, 2.24) is 15.2 Å². The Balaban J connectivity index is 1.44. The Morgan fingerprint density at radius 1 is 1.26 bits per heavy atom. The predicted octanol–water partition coefficient (Wildman–Crippen LogP) is 4.22. The first kappa shape index (κ1) is 27.2.